The van der Waals surface area contributed by atoms with Crippen molar-refractivity contribution in [3.63, 3.8) is 0 Å². The Morgan fingerprint density at radius 2 is 1.88 bits per heavy atom. The average Bonchev–Trinajstić information content (AvgIpc) is 2.55. The Morgan fingerprint density at radius 3 is 2.50 bits per heavy atom. The summed E-state index contributed by atoms with van der Waals surface area (Å²) in [5.74, 6) is 0.710. The van der Waals surface area contributed by atoms with Gasteiger partial charge < -0.3 is 10.1 Å². The third-order valence-electron chi connectivity index (χ3n) is 3.17. The van der Waals surface area contributed by atoms with Crippen LogP contribution in [0.4, 0.5) is 11.6 Å². The fourth-order valence-electron chi connectivity index (χ4n) is 1.89. The first-order valence-corrected chi connectivity index (χ1v) is 9.14. The number of sulfonamides is 1. The number of methoxy groups -OCH3 is 1. The van der Waals surface area contributed by atoms with E-state index in [9.17, 15) is 8.42 Å². The number of aromatic nitrogens is 2. The number of anilines is 2. The van der Waals surface area contributed by atoms with E-state index in [1.165, 1.54) is 12.1 Å². The molecule has 1 aromatic carbocycles. The molecule has 0 amide bonds. The molecule has 9 heteroatoms. The number of benzene rings is 1. The van der Waals surface area contributed by atoms with Gasteiger partial charge in [-0.1, -0.05) is 11.6 Å². The molecule has 0 spiro atoms. The lowest BCUT2D eigenvalue weighted by molar-refractivity contribution is 0.197. The van der Waals surface area contributed by atoms with E-state index in [0.717, 1.165) is 6.42 Å². The average molecular weight is 371 g/mol. The zero-order chi connectivity index (χ0) is 17.6. The quantitative estimate of drug-likeness (QED) is 0.694. The highest BCUT2D eigenvalue weighted by Gasteiger charge is 2.16. The van der Waals surface area contributed by atoms with E-state index in [1.807, 2.05) is 0 Å². The van der Waals surface area contributed by atoms with Gasteiger partial charge in [0.25, 0.3) is 10.0 Å². The van der Waals surface area contributed by atoms with E-state index < -0.39 is 10.0 Å². The first kappa shape index (κ1) is 18.4. The second kappa shape index (κ2) is 8.27. The van der Waals surface area contributed by atoms with Gasteiger partial charge in [0, 0.05) is 25.3 Å². The van der Waals surface area contributed by atoms with Crippen LogP contribution in [0.5, 0.6) is 0 Å². The number of hydrogen-bond acceptors (Lipinski definition) is 6. The summed E-state index contributed by atoms with van der Waals surface area (Å²) in [4.78, 5) is 0.118. The van der Waals surface area contributed by atoms with Crippen LogP contribution in [0, 0.1) is 6.92 Å². The number of nitrogens with one attached hydrogen (secondary N) is 2. The van der Waals surface area contributed by atoms with E-state index in [1.54, 1.807) is 32.2 Å². The van der Waals surface area contributed by atoms with E-state index in [0.29, 0.717) is 29.6 Å². The van der Waals surface area contributed by atoms with Crippen LogP contribution in [0.15, 0.2) is 35.2 Å². The highest BCUT2D eigenvalue weighted by Crippen LogP contribution is 2.21. The van der Waals surface area contributed by atoms with E-state index in [2.05, 4.69) is 20.2 Å². The molecule has 0 unspecified atom stereocenters. The van der Waals surface area contributed by atoms with Crippen LogP contribution < -0.4 is 10.0 Å². The van der Waals surface area contributed by atoms with Crippen LogP contribution in [0.3, 0.4) is 0 Å². The Balaban J connectivity index is 2.03. The summed E-state index contributed by atoms with van der Waals surface area (Å²) in [5.41, 5.74) is 0.682. The van der Waals surface area contributed by atoms with Crippen LogP contribution in [-0.4, -0.2) is 38.9 Å². The van der Waals surface area contributed by atoms with Crippen molar-refractivity contribution >= 4 is 33.3 Å². The van der Waals surface area contributed by atoms with Gasteiger partial charge in [0.05, 0.1) is 4.90 Å². The Kier molecular flexibility index (Phi) is 6.36. The summed E-state index contributed by atoms with van der Waals surface area (Å²) in [6.07, 6.45) is 0.836. The fourth-order valence-corrected chi connectivity index (χ4v) is 3.09. The van der Waals surface area contributed by atoms with Crippen LogP contribution in [0.25, 0.3) is 0 Å². The lowest BCUT2D eigenvalue weighted by atomic mass is 10.2. The molecular weight excluding hydrogens is 352 g/mol. The third-order valence-corrected chi connectivity index (χ3v) is 4.95. The Morgan fingerprint density at radius 1 is 1.17 bits per heavy atom. The van der Waals surface area contributed by atoms with Gasteiger partial charge >= 0.3 is 0 Å². The molecular formula is C15H19ClN4O3S. The van der Waals surface area contributed by atoms with Gasteiger partial charge in [0.15, 0.2) is 5.82 Å². The SMILES string of the molecule is COCCCNc1ccc(NS(=O)(=O)c2ccc(Cl)c(C)c2)nn1. The molecule has 0 saturated carbocycles. The fraction of sp³-hybridized carbons (Fsp3) is 0.333. The van der Waals surface area contributed by atoms with Crippen molar-refractivity contribution in [3.8, 4) is 0 Å². The molecule has 2 N–H and O–H groups in total. The molecule has 0 fully saturated rings. The Labute approximate surface area is 146 Å². The topological polar surface area (TPSA) is 93.2 Å². The maximum Gasteiger partial charge on any atom is 0.263 e. The molecule has 0 aliphatic rings. The molecule has 1 heterocycles. The Bertz CT molecular complexity index is 782. The first-order valence-electron chi connectivity index (χ1n) is 7.28. The van der Waals surface area contributed by atoms with Gasteiger partial charge in [-0.3, -0.25) is 4.72 Å². The first-order chi connectivity index (χ1) is 11.4. The summed E-state index contributed by atoms with van der Waals surface area (Å²) in [6, 6.07) is 7.70. The van der Waals surface area contributed by atoms with Crippen molar-refractivity contribution in [3.05, 3.63) is 40.9 Å². The van der Waals surface area contributed by atoms with E-state index in [4.69, 9.17) is 16.3 Å². The summed E-state index contributed by atoms with van der Waals surface area (Å²) in [7, 11) is -2.10. The van der Waals surface area contributed by atoms with E-state index in [-0.39, 0.29) is 10.7 Å². The Hall–Kier alpha value is -1.90. The third kappa shape index (κ3) is 5.05. The minimum Gasteiger partial charge on any atom is -0.385 e. The van der Waals surface area contributed by atoms with Crippen molar-refractivity contribution in [1.82, 2.24) is 10.2 Å². The molecule has 0 aliphatic carbocycles. The molecule has 130 valence electrons. The molecule has 0 saturated heterocycles. The van der Waals surface area contributed by atoms with Crippen LogP contribution in [0.2, 0.25) is 5.02 Å². The highest BCUT2D eigenvalue weighted by atomic mass is 35.5. The number of hydrogen-bond donors (Lipinski definition) is 2. The second-order valence-corrected chi connectivity index (χ2v) is 7.18. The monoisotopic (exact) mass is 370 g/mol. The molecule has 2 aromatic rings. The van der Waals surface area contributed by atoms with Crippen molar-refractivity contribution in [2.45, 2.75) is 18.2 Å². The lowest BCUT2D eigenvalue weighted by Gasteiger charge is -2.09. The molecule has 24 heavy (non-hydrogen) atoms. The second-order valence-electron chi connectivity index (χ2n) is 5.09. The predicted octanol–water partition coefficient (Wildman–Crippen LogP) is 2.69. The van der Waals surface area contributed by atoms with Crippen LogP contribution in [0.1, 0.15) is 12.0 Å². The van der Waals surface area contributed by atoms with Crippen molar-refractivity contribution in [1.29, 1.82) is 0 Å². The predicted molar refractivity (Wildman–Crippen MR) is 94.0 cm³/mol. The minimum absolute atomic E-state index is 0.118. The van der Waals surface area contributed by atoms with Gasteiger partial charge in [-0.2, -0.15) is 0 Å². The largest absolute Gasteiger partial charge is 0.385 e. The van der Waals surface area contributed by atoms with Gasteiger partial charge in [-0.25, -0.2) is 8.42 Å². The molecule has 0 atom stereocenters. The van der Waals surface area contributed by atoms with Gasteiger partial charge in [-0.15, -0.1) is 10.2 Å². The number of rotatable bonds is 8. The zero-order valence-corrected chi connectivity index (χ0v) is 15.0. The summed E-state index contributed by atoms with van der Waals surface area (Å²) in [6.45, 7) is 3.08. The van der Waals surface area contributed by atoms with Crippen LogP contribution in [-0.2, 0) is 14.8 Å². The molecule has 7 nitrogen and oxygen atoms in total. The normalized spacial score (nSPS) is 11.3. The molecule has 0 aliphatic heterocycles. The summed E-state index contributed by atoms with van der Waals surface area (Å²) >= 11 is 5.92. The molecule has 0 radical (unpaired) electrons. The standard InChI is InChI=1S/C15H19ClN4O3S/c1-11-10-12(4-5-13(11)16)24(21,22)20-15-7-6-14(18-19-15)17-8-3-9-23-2/h4-7,10H,3,8-9H2,1-2H3,(H,17,18)(H,19,20). The number of ether oxygens (including phenoxy) is 1. The van der Waals surface area contributed by atoms with Gasteiger partial charge in [-0.05, 0) is 49.2 Å². The number of nitrogens with zero attached hydrogens (tertiary/aromatic N) is 2. The smallest absolute Gasteiger partial charge is 0.263 e. The minimum atomic E-state index is -3.74. The summed E-state index contributed by atoms with van der Waals surface area (Å²) < 4.78 is 32.0. The lowest BCUT2D eigenvalue weighted by Crippen LogP contribution is -2.15. The maximum atomic E-state index is 12.3. The zero-order valence-electron chi connectivity index (χ0n) is 13.4. The number of aryl methyl sites for hydroxylation is 1. The van der Waals surface area contributed by atoms with Crippen molar-refractivity contribution < 1.29 is 13.2 Å². The van der Waals surface area contributed by atoms with Crippen molar-refractivity contribution in [2.24, 2.45) is 0 Å². The van der Waals surface area contributed by atoms with Gasteiger partial charge in [0.2, 0.25) is 0 Å². The van der Waals surface area contributed by atoms with Crippen LogP contribution >= 0.6 is 11.6 Å². The number of halogens is 1. The van der Waals surface area contributed by atoms with Crippen molar-refractivity contribution in [2.75, 3.05) is 30.3 Å². The van der Waals surface area contributed by atoms with Gasteiger partial charge in [0.1, 0.15) is 5.82 Å². The molecule has 1 aromatic heterocycles. The maximum absolute atomic E-state index is 12.3. The highest BCUT2D eigenvalue weighted by molar-refractivity contribution is 7.92. The molecule has 0 bridgehead atoms. The van der Waals surface area contributed by atoms with E-state index >= 15 is 0 Å². The molecule has 2 rings (SSSR count). The summed E-state index contributed by atoms with van der Waals surface area (Å²) in [5, 5.41) is 11.4.